The van der Waals surface area contributed by atoms with Crippen LogP contribution in [0.2, 0.25) is 0 Å². The quantitative estimate of drug-likeness (QED) is 0.119. The Morgan fingerprint density at radius 3 is 2.18 bits per heavy atom. The van der Waals surface area contributed by atoms with Gasteiger partial charge in [0.05, 0.1) is 32.0 Å². The molecule has 0 atom stereocenters. The molecule has 0 unspecified atom stereocenters. The highest BCUT2D eigenvalue weighted by molar-refractivity contribution is 7.92. The Bertz CT molecular complexity index is 2190. The number of anilines is 2. The predicted octanol–water partition coefficient (Wildman–Crippen LogP) is 1.19. The van der Waals surface area contributed by atoms with Crippen molar-refractivity contribution in [2.24, 2.45) is 11.5 Å². The second-order valence-corrected chi connectivity index (χ2v) is 15.1. The number of nitrogens with one attached hydrogen (secondary N) is 2. The van der Waals surface area contributed by atoms with Gasteiger partial charge in [0, 0.05) is 51.2 Å². The molecule has 0 fully saturated rings. The normalized spacial score (nSPS) is 13.4. The van der Waals surface area contributed by atoms with Gasteiger partial charge in [-0.1, -0.05) is 24.3 Å². The van der Waals surface area contributed by atoms with E-state index in [0.717, 1.165) is 5.56 Å². The van der Waals surface area contributed by atoms with Gasteiger partial charge in [-0.2, -0.15) is 4.80 Å². The van der Waals surface area contributed by atoms with E-state index in [4.69, 9.17) is 20.9 Å². The number of benzene rings is 3. The SMILES string of the molecule is COc1ccc(CNS(=O)(=O)c2c(S(=O)(=O)NC(CN)CN)ccc(N3CCCn4ccnc43)c2-c2nnn(Cc3ccc(OC)cc3)n2)cc1. The minimum Gasteiger partial charge on any atom is -0.497 e. The lowest BCUT2D eigenvalue weighted by Crippen LogP contribution is -2.45. The number of nitrogens with two attached hydrogens (primary N) is 2. The molecule has 1 aliphatic rings. The summed E-state index contributed by atoms with van der Waals surface area (Å²) in [6.45, 7) is 0.944. The summed E-state index contributed by atoms with van der Waals surface area (Å²) in [5.41, 5.74) is 13.2. The van der Waals surface area contributed by atoms with Crippen LogP contribution >= 0.6 is 0 Å². The van der Waals surface area contributed by atoms with E-state index < -0.39 is 35.9 Å². The van der Waals surface area contributed by atoms with Crippen molar-refractivity contribution in [2.75, 3.05) is 38.8 Å². The maximum atomic E-state index is 14.6. The van der Waals surface area contributed by atoms with Gasteiger partial charge in [-0.15, -0.1) is 10.2 Å². The summed E-state index contributed by atoms with van der Waals surface area (Å²) in [6.07, 6.45) is 4.17. The molecule has 0 bridgehead atoms. The maximum Gasteiger partial charge on any atom is 0.243 e. The first-order valence-electron chi connectivity index (χ1n) is 16.0. The van der Waals surface area contributed by atoms with Crippen LogP contribution in [0.5, 0.6) is 11.5 Å². The first-order chi connectivity index (χ1) is 24.6. The maximum absolute atomic E-state index is 14.6. The number of aryl methyl sites for hydroxylation is 1. The first kappa shape index (κ1) is 35.9. The van der Waals surface area contributed by atoms with Gasteiger partial charge < -0.3 is 30.4 Å². The summed E-state index contributed by atoms with van der Waals surface area (Å²) in [5.74, 6) is 1.70. The highest BCUT2D eigenvalue weighted by Crippen LogP contribution is 2.42. The fraction of sp³-hybridized carbons (Fsp3) is 0.312. The third-order valence-electron chi connectivity index (χ3n) is 8.34. The molecule has 1 aliphatic heterocycles. The number of fused-ring (bicyclic) bond motifs is 1. The number of methoxy groups -OCH3 is 2. The molecule has 3 heterocycles. The van der Waals surface area contributed by atoms with Crippen LogP contribution in [0.1, 0.15) is 17.5 Å². The average Bonchev–Trinajstić information content (AvgIpc) is 3.83. The molecule has 0 aliphatic carbocycles. The van der Waals surface area contributed by atoms with E-state index in [0.29, 0.717) is 48.2 Å². The molecule has 6 N–H and O–H groups in total. The molecule has 0 saturated carbocycles. The van der Waals surface area contributed by atoms with Crippen LogP contribution < -0.4 is 35.3 Å². The number of sulfonamides is 2. The molecule has 19 heteroatoms. The fourth-order valence-corrected chi connectivity index (χ4v) is 9.00. The summed E-state index contributed by atoms with van der Waals surface area (Å²) in [7, 11) is -6.10. The van der Waals surface area contributed by atoms with Crippen molar-refractivity contribution in [3.8, 4) is 22.9 Å². The van der Waals surface area contributed by atoms with Crippen LogP contribution in [-0.4, -0.2) is 86.5 Å². The number of aromatic nitrogens is 6. The fourth-order valence-electron chi connectivity index (χ4n) is 5.69. The van der Waals surface area contributed by atoms with Crippen molar-refractivity contribution >= 4 is 31.7 Å². The van der Waals surface area contributed by atoms with Crippen LogP contribution in [0.4, 0.5) is 11.6 Å². The van der Waals surface area contributed by atoms with Crippen molar-refractivity contribution in [1.82, 2.24) is 39.2 Å². The molecule has 5 aromatic rings. The topological polar surface area (TPSA) is 228 Å². The smallest absolute Gasteiger partial charge is 0.243 e. The van der Waals surface area contributed by atoms with E-state index in [1.807, 2.05) is 27.8 Å². The van der Waals surface area contributed by atoms with Gasteiger partial charge >= 0.3 is 0 Å². The summed E-state index contributed by atoms with van der Waals surface area (Å²) in [6, 6.07) is 16.0. The molecule has 270 valence electrons. The molecule has 0 spiro atoms. The average molecular weight is 738 g/mol. The van der Waals surface area contributed by atoms with E-state index in [1.165, 1.54) is 24.0 Å². The number of imidazole rings is 1. The second-order valence-electron chi connectivity index (χ2n) is 11.7. The summed E-state index contributed by atoms with van der Waals surface area (Å²) in [4.78, 5) is 6.54. The minimum atomic E-state index is -4.65. The predicted molar refractivity (Wildman–Crippen MR) is 188 cm³/mol. The molecule has 2 aromatic heterocycles. The van der Waals surface area contributed by atoms with E-state index >= 15 is 0 Å². The Hall–Kier alpha value is -4.92. The van der Waals surface area contributed by atoms with Crippen LogP contribution in [0.15, 0.2) is 82.8 Å². The highest BCUT2D eigenvalue weighted by Gasteiger charge is 2.36. The van der Waals surface area contributed by atoms with Crippen molar-refractivity contribution in [3.05, 3.63) is 84.2 Å². The number of rotatable bonds is 15. The van der Waals surface area contributed by atoms with Crippen molar-refractivity contribution in [1.29, 1.82) is 0 Å². The third kappa shape index (κ3) is 7.72. The van der Waals surface area contributed by atoms with Gasteiger partial charge in [0.2, 0.25) is 31.8 Å². The Labute approximate surface area is 295 Å². The zero-order valence-electron chi connectivity index (χ0n) is 28.0. The van der Waals surface area contributed by atoms with Crippen LogP contribution in [0.25, 0.3) is 11.4 Å². The molecule has 51 heavy (non-hydrogen) atoms. The molecule has 0 saturated heterocycles. The molecular formula is C32H39N11O6S2. The van der Waals surface area contributed by atoms with Gasteiger partial charge in [-0.25, -0.2) is 31.3 Å². The summed E-state index contributed by atoms with van der Waals surface area (Å²) < 4.78 is 74.8. The summed E-state index contributed by atoms with van der Waals surface area (Å²) in [5, 5.41) is 13.1. The lowest BCUT2D eigenvalue weighted by Gasteiger charge is -2.31. The number of hydrogen-bond acceptors (Lipinski definition) is 13. The zero-order valence-corrected chi connectivity index (χ0v) is 29.6. The Morgan fingerprint density at radius 1 is 0.863 bits per heavy atom. The number of tetrazole rings is 1. The Kier molecular flexibility index (Phi) is 10.6. The van der Waals surface area contributed by atoms with Gasteiger partial charge in [-0.3, -0.25) is 0 Å². The van der Waals surface area contributed by atoms with Crippen LogP contribution in [0.3, 0.4) is 0 Å². The zero-order chi connectivity index (χ0) is 36.2. The lowest BCUT2D eigenvalue weighted by molar-refractivity contribution is 0.414. The number of hydrogen-bond donors (Lipinski definition) is 4. The molecule has 3 aromatic carbocycles. The van der Waals surface area contributed by atoms with E-state index in [1.54, 1.807) is 49.7 Å². The molecule has 6 rings (SSSR count). The molecule has 0 amide bonds. The van der Waals surface area contributed by atoms with E-state index in [9.17, 15) is 16.8 Å². The minimum absolute atomic E-state index is 0.0745. The Balaban J connectivity index is 1.54. The standard InChI is InChI=1S/C32H39N11O6S2/c1-48-25-8-4-22(5-9-25)20-36-51(46,47)30-28(50(44,45)39-24(18-33)19-34)13-12-27(42-16-3-15-41-17-14-35-32(41)42)29(30)31-37-40-43(38-31)21-23-6-10-26(49-2)11-7-23/h4-14,17,24,36,39H,3,15-16,18-21,33-34H2,1-2H3. The largest absolute Gasteiger partial charge is 0.497 e. The summed E-state index contributed by atoms with van der Waals surface area (Å²) >= 11 is 0. The van der Waals surface area contributed by atoms with Gasteiger partial charge in [0.25, 0.3) is 0 Å². The van der Waals surface area contributed by atoms with Crippen LogP contribution in [-0.2, 0) is 39.7 Å². The van der Waals surface area contributed by atoms with Gasteiger partial charge in [0.15, 0.2) is 0 Å². The van der Waals surface area contributed by atoms with Crippen molar-refractivity contribution in [3.63, 3.8) is 0 Å². The van der Waals surface area contributed by atoms with Gasteiger partial charge in [-0.05, 0) is 59.2 Å². The molecule has 17 nitrogen and oxygen atoms in total. The van der Waals surface area contributed by atoms with Crippen LogP contribution in [0, 0.1) is 0 Å². The monoisotopic (exact) mass is 737 g/mol. The van der Waals surface area contributed by atoms with Gasteiger partial charge in [0.1, 0.15) is 21.3 Å². The number of nitrogens with zero attached hydrogens (tertiary/aromatic N) is 7. The second kappa shape index (κ2) is 15.1. The van der Waals surface area contributed by atoms with E-state index in [2.05, 4.69) is 29.8 Å². The molecule has 0 radical (unpaired) electrons. The first-order valence-corrected chi connectivity index (χ1v) is 19.0. The Morgan fingerprint density at radius 2 is 1.53 bits per heavy atom. The van der Waals surface area contributed by atoms with Crippen molar-refractivity contribution < 1.29 is 26.3 Å². The highest BCUT2D eigenvalue weighted by atomic mass is 32.2. The molecular weight excluding hydrogens is 699 g/mol. The van der Waals surface area contributed by atoms with E-state index in [-0.39, 0.29) is 37.6 Å². The third-order valence-corrected chi connectivity index (χ3v) is 11.5. The lowest BCUT2D eigenvalue weighted by atomic mass is 10.1. The number of ether oxygens (including phenoxy) is 2. The van der Waals surface area contributed by atoms with Crippen molar-refractivity contribution in [2.45, 2.75) is 41.9 Å².